The van der Waals surface area contributed by atoms with E-state index in [0.29, 0.717) is 30.8 Å². The van der Waals surface area contributed by atoms with Crippen LogP contribution in [0.5, 0.6) is 0 Å². The average Bonchev–Trinajstić information content (AvgIpc) is 2.53. The van der Waals surface area contributed by atoms with Crippen LogP contribution in [0.3, 0.4) is 0 Å². The minimum Gasteiger partial charge on any atom is -0.469 e. The van der Waals surface area contributed by atoms with Gasteiger partial charge < -0.3 is 9.64 Å². The highest BCUT2D eigenvalue weighted by atomic mass is 32.2. The summed E-state index contributed by atoms with van der Waals surface area (Å²) in [4.78, 5) is 25.7. The van der Waals surface area contributed by atoms with E-state index in [2.05, 4.69) is 4.72 Å². The van der Waals surface area contributed by atoms with Crippen molar-refractivity contribution in [3.63, 3.8) is 0 Å². The Kier molecular flexibility index (Phi) is 5.25. The third-order valence-corrected chi connectivity index (χ3v) is 4.28. The summed E-state index contributed by atoms with van der Waals surface area (Å²) < 4.78 is 29.4. The molecule has 1 aromatic rings. The second-order valence-corrected chi connectivity index (χ2v) is 7.31. The maximum Gasteiger partial charge on any atom is 0.310 e. The Hall–Kier alpha value is -2.09. The van der Waals surface area contributed by atoms with Crippen molar-refractivity contribution < 1.29 is 22.7 Å². The van der Waals surface area contributed by atoms with Gasteiger partial charge >= 0.3 is 5.97 Å². The molecule has 126 valence electrons. The topological polar surface area (TPSA) is 92.8 Å². The van der Waals surface area contributed by atoms with Gasteiger partial charge in [-0.2, -0.15) is 0 Å². The SMILES string of the molecule is COC(=O)C1CCCN(C(=O)c2ccc(NS(C)(=O)=O)cc2)C1. The molecule has 1 atom stereocenters. The number of rotatable bonds is 4. The summed E-state index contributed by atoms with van der Waals surface area (Å²) in [5, 5.41) is 0. The lowest BCUT2D eigenvalue weighted by atomic mass is 9.97. The summed E-state index contributed by atoms with van der Waals surface area (Å²) in [5.74, 6) is -0.761. The van der Waals surface area contributed by atoms with Crippen LogP contribution in [0.25, 0.3) is 0 Å². The lowest BCUT2D eigenvalue weighted by Crippen LogP contribution is -2.42. The first-order valence-electron chi connectivity index (χ1n) is 7.25. The highest BCUT2D eigenvalue weighted by molar-refractivity contribution is 7.92. The summed E-state index contributed by atoms with van der Waals surface area (Å²) in [6.45, 7) is 0.935. The van der Waals surface area contributed by atoms with E-state index in [4.69, 9.17) is 4.74 Å². The van der Waals surface area contributed by atoms with Crippen LogP contribution in [0.2, 0.25) is 0 Å². The fraction of sp³-hybridized carbons (Fsp3) is 0.467. The van der Waals surface area contributed by atoms with Crippen LogP contribution in [0.1, 0.15) is 23.2 Å². The molecular weight excluding hydrogens is 320 g/mol. The lowest BCUT2D eigenvalue weighted by Gasteiger charge is -2.31. The first kappa shape index (κ1) is 17.3. The largest absolute Gasteiger partial charge is 0.469 e. The fourth-order valence-corrected chi connectivity index (χ4v) is 3.16. The van der Waals surface area contributed by atoms with E-state index < -0.39 is 10.0 Å². The van der Waals surface area contributed by atoms with Gasteiger partial charge in [-0.3, -0.25) is 14.3 Å². The molecule has 1 aliphatic rings. The molecule has 1 N–H and O–H groups in total. The predicted octanol–water partition coefficient (Wildman–Crippen LogP) is 1.08. The van der Waals surface area contributed by atoms with Crippen molar-refractivity contribution in [1.29, 1.82) is 0 Å². The van der Waals surface area contributed by atoms with E-state index in [0.717, 1.165) is 12.7 Å². The normalized spacial score (nSPS) is 18.3. The Morgan fingerprint density at radius 3 is 2.48 bits per heavy atom. The van der Waals surface area contributed by atoms with Gasteiger partial charge in [0.15, 0.2) is 0 Å². The minimum atomic E-state index is -3.35. The van der Waals surface area contributed by atoms with Gasteiger partial charge in [0.2, 0.25) is 10.0 Å². The van der Waals surface area contributed by atoms with E-state index in [9.17, 15) is 18.0 Å². The molecule has 0 bridgehead atoms. The second kappa shape index (κ2) is 6.99. The molecule has 1 aromatic carbocycles. The smallest absolute Gasteiger partial charge is 0.310 e. The van der Waals surface area contributed by atoms with Gasteiger partial charge in [-0.05, 0) is 37.1 Å². The monoisotopic (exact) mass is 340 g/mol. The molecule has 0 radical (unpaired) electrons. The molecule has 0 aliphatic carbocycles. The Balaban J connectivity index is 2.06. The molecule has 1 unspecified atom stereocenters. The molecule has 1 saturated heterocycles. The number of ether oxygens (including phenoxy) is 1. The van der Waals surface area contributed by atoms with Gasteiger partial charge in [-0.1, -0.05) is 0 Å². The average molecular weight is 340 g/mol. The number of sulfonamides is 1. The number of benzene rings is 1. The van der Waals surface area contributed by atoms with Gasteiger partial charge in [-0.25, -0.2) is 8.42 Å². The van der Waals surface area contributed by atoms with Crippen molar-refractivity contribution in [3.8, 4) is 0 Å². The Bertz CT molecular complexity index is 684. The lowest BCUT2D eigenvalue weighted by molar-refractivity contribution is -0.146. The van der Waals surface area contributed by atoms with Crippen LogP contribution >= 0.6 is 0 Å². The van der Waals surface area contributed by atoms with E-state index >= 15 is 0 Å². The molecule has 23 heavy (non-hydrogen) atoms. The highest BCUT2D eigenvalue weighted by Crippen LogP contribution is 2.20. The Labute approximate surface area is 135 Å². The fourth-order valence-electron chi connectivity index (χ4n) is 2.60. The molecular formula is C15H20N2O5S. The number of likely N-dealkylation sites (tertiary alicyclic amines) is 1. The molecule has 0 saturated carbocycles. The number of hydrogen-bond acceptors (Lipinski definition) is 5. The van der Waals surface area contributed by atoms with Crippen molar-refractivity contribution in [1.82, 2.24) is 4.90 Å². The van der Waals surface area contributed by atoms with Crippen LogP contribution < -0.4 is 4.72 Å². The number of hydrogen-bond donors (Lipinski definition) is 1. The maximum atomic E-state index is 12.5. The number of nitrogens with one attached hydrogen (secondary N) is 1. The number of carbonyl (C=O) groups is 2. The molecule has 7 nitrogen and oxygen atoms in total. The third-order valence-electron chi connectivity index (χ3n) is 3.68. The van der Waals surface area contributed by atoms with E-state index in [1.165, 1.54) is 19.2 Å². The number of amides is 1. The van der Waals surface area contributed by atoms with Gasteiger partial charge in [0.1, 0.15) is 0 Å². The summed E-state index contributed by atoms with van der Waals surface area (Å²) >= 11 is 0. The predicted molar refractivity (Wildman–Crippen MR) is 85.6 cm³/mol. The molecule has 1 aliphatic heterocycles. The van der Waals surface area contributed by atoms with Gasteiger partial charge in [-0.15, -0.1) is 0 Å². The minimum absolute atomic E-state index is 0.176. The molecule has 8 heteroatoms. The van der Waals surface area contributed by atoms with Gasteiger partial charge in [0.05, 0.1) is 19.3 Å². The van der Waals surface area contributed by atoms with Crippen molar-refractivity contribution in [2.45, 2.75) is 12.8 Å². The maximum absolute atomic E-state index is 12.5. The number of anilines is 1. The molecule has 2 rings (SSSR count). The number of nitrogens with zero attached hydrogens (tertiary/aromatic N) is 1. The zero-order valence-electron chi connectivity index (χ0n) is 13.1. The number of carbonyl (C=O) groups excluding carboxylic acids is 2. The van der Waals surface area contributed by atoms with Crippen LogP contribution in [-0.4, -0.2) is 51.6 Å². The quantitative estimate of drug-likeness (QED) is 0.828. The first-order valence-corrected chi connectivity index (χ1v) is 9.14. The molecule has 1 fully saturated rings. The first-order chi connectivity index (χ1) is 10.8. The van der Waals surface area contributed by atoms with Crippen molar-refractivity contribution in [3.05, 3.63) is 29.8 Å². The van der Waals surface area contributed by atoms with Crippen LogP contribution in [0.15, 0.2) is 24.3 Å². The van der Waals surface area contributed by atoms with Crippen LogP contribution in [0.4, 0.5) is 5.69 Å². The van der Waals surface area contributed by atoms with E-state index in [-0.39, 0.29) is 17.8 Å². The third kappa shape index (κ3) is 4.69. The van der Waals surface area contributed by atoms with E-state index in [1.807, 2.05) is 0 Å². The van der Waals surface area contributed by atoms with Crippen molar-refractivity contribution in [2.24, 2.45) is 5.92 Å². The highest BCUT2D eigenvalue weighted by Gasteiger charge is 2.29. The number of esters is 1. The molecule has 0 spiro atoms. The van der Waals surface area contributed by atoms with Crippen molar-refractivity contribution in [2.75, 3.05) is 31.2 Å². The van der Waals surface area contributed by atoms with Gasteiger partial charge in [0, 0.05) is 24.3 Å². The number of methoxy groups -OCH3 is 1. The summed E-state index contributed by atoms with van der Waals surface area (Å²) in [5.41, 5.74) is 0.852. The standard InChI is InChI=1S/C15H20N2O5S/c1-22-15(19)12-4-3-9-17(10-12)14(18)11-5-7-13(8-6-11)16-23(2,20)21/h5-8,12,16H,3-4,9-10H2,1-2H3. The second-order valence-electron chi connectivity index (χ2n) is 5.57. The number of piperidine rings is 1. The summed E-state index contributed by atoms with van der Waals surface area (Å²) in [6.07, 6.45) is 2.53. The van der Waals surface area contributed by atoms with E-state index in [1.54, 1.807) is 17.0 Å². The molecule has 0 aromatic heterocycles. The van der Waals surface area contributed by atoms with Crippen LogP contribution in [-0.2, 0) is 19.6 Å². The summed E-state index contributed by atoms with van der Waals surface area (Å²) in [7, 11) is -2.00. The molecule has 1 amide bonds. The Morgan fingerprint density at radius 2 is 1.91 bits per heavy atom. The van der Waals surface area contributed by atoms with Crippen molar-refractivity contribution >= 4 is 27.6 Å². The van der Waals surface area contributed by atoms with Gasteiger partial charge in [0.25, 0.3) is 5.91 Å². The zero-order chi connectivity index (χ0) is 17.0. The molecule has 1 heterocycles. The zero-order valence-corrected chi connectivity index (χ0v) is 13.9. The van der Waals surface area contributed by atoms with Crippen LogP contribution in [0, 0.1) is 5.92 Å². The summed E-state index contributed by atoms with van der Waals surface area (Å²) in [6, 6.07) is 6.21. The Morgan fingerprint density at radius 1 is 1.26 bits per heavy atom.